The predicted molar refractivity (Wildman–Crippen MR) is 93.1 cm³/mol. The molecule has 0 saturated carbocycles. The molecular weight excluding hydrogens is 399 g/mol. The zero-order chi connectivity index (χ0) is 21.2. The molecule has 1 aliphatic rings. The highest BCUT2D eigenvalue weighted by atomic mass is 19.4. The summed E-state index contributed by atoms with van der Waals surface area (Å²) < 4.78 is 72.4. The molecule has 3 rings (SSSR count). The number of aromatic nitrogens is 1. The standard InChI is InChI=1S/C18H17F5N4O2/c19-12-3-1-2-11(18(21,22)23)15(12)27-10-6-13(20)14(25-7-10)8-26-16(28)17(24)4-5-29-9-17/h1-3,6-7,27H,4-5,8-9,24H2,(H,26,28). The van der Waals surface area contributed by atoms with Crippen molar-refractivity contribution < 1.29 is 31.5 Å². The van der Waals surface area contributed by atoms with Crippen LogP contribution in [0, 0.1) is 11.6 Å². The van der Waals surface area contributed by atoms with E-state index in [9.17, 15) is 26.7 Å². The van der Waals surface area contributed by atoms with Crippen LogP contribution in [-0.4, -0.2) is 29.6 Å². The number of hydrogen-bond donors (Lipinski definition) is 3. The van der Waals surface area contributed by atoms with Gasteiger partial charge in [0, 0.05) is 12.7 Å². The van der Waals surface area contributed by atoms with Gasteiger partial charge in [0.05, 0.1) is 42.0 Å². The number of alkyl halides is 3. The molecule has 4 N–H and O–H groups in total. The molecule has 0 bridgehead atoms. The molecule has 0 spiro atoms. The third-order valence-electron chi connectivity index (χ3n) is 4.43. The lowest BCUT2D eigenvalue weighted by atomic mass is 9.99. The van der Waals surface area contributed by atoms with Crippen molar-refractivity contribution >= 4 is 17.3 Å². The smallest absolute Gasteiger partial charge is 0.379 e. The highest BCUT2D eigenvalue weighted by molar-refractivity contribution is 5.86. The number of ether oxygens (including phenoxy) is 1. The normalized spacial score (nSPS) is 19.2. The van der Waals surface area contributed by atoms with E-state index in [1.807, 2.05) is 0 Å². The Hall–Kier alpha value is -2.79. The number of rotatable bonds is 5. The molecule has 11 heteroatoms. The first kappa shape index (κ1) is 20.9. The maximum Gasteiger partial charge on any atom is 0.418 e. The third-order valence-corrected chi connectivity index (χ3v) is 4.43. The number of pyridine rings is 1. The van der Waals surface area contributed by atoms with Crippen LogP contribution in [0.1, 0.15) is 17.7 Å². The molecule has 156 valence electrons. The fourth-order valence-corrected chi connectivity index (χ4v) is 2.80. The number of carbonyl (C=O) groups is 1. The lowest BCUT2D eigenvalue weighted by molar-refractivity contribution is -0.137. The van der Waals surface area contributed by atoms with Gasteiger partial charge < -0.3 is 21.1 Å². The lowest BCUT2D eigenvalue weighted by Crippen LogP contribution is -2.54. The minimum Gasteiger partial charge on any atom is -0.379 e. The minimum atomic E-state index is -4.80. The van der Waals surface area contributed by atoms with Crippen molar-refractivity contribution in [3.05, 3.63) is 53.4 Å². The minimum absolute atomic E-state index is 0.0434. The van der Waals surface area contributed by atoms with Crippen molar-refractivity contribution in [2.24, 2.45) is 5.73 Å². The summed E-state index contributed by atoms with van der Waals surface area (Å²) in [6.07, 6.45) is -3.45. The number of halogens is 5. The summed E-state index contributed by atoms with van der Waals surface area (Å²) in [7, 11) is 0. The van der Waals surface area contributed by atoms with E-state index in [2.05, 4.69) is 15.6 Å². The molecule has 1 aromatic heterocycles. The Morgan fingerprint density at radius 1 is 1.28 bits per heavy atom. The Balaban J connectivity index is 1.73. The molecule has 1 fully saturated rings. The fraction of sp³-hybridized carbons (Fsp3) is 0.333. The van der Waals surface area contributed by atoms with E-state index < -0.39 is 40.5 Å². The molecular formula is C18H17F5N4O2. The van der Waals surface area contributed by atoms with Gasteiger partial charge in [-0.25, -0.2) is 8.78 Å². The van der Waals surface area contributed by atoms with Crippen LogP contribution >= 0.6 is 0 Å². The van der Waals surface area contributed by atoms with Crippen molar-refractivity contribution in [1.29, 1.82) is 0 Å². The molecule has 2 aromatic rings. The molecule has 0 aliphatic carbocycles. The summed E-state index contributed by atoms with van der Waals surface area (Å²) in [5.74, 6) is -2.57. The van der Waals surface area contributed by atoms with Gasteiger partial charge in [0.25, 0.3) is 0 Å². The zero-order valence-corrected chi connectivity index (χ0v) is 14.9. The molecule has 29 heavy (non-hydrogen) atoms. The van der Waals surface area contributed by atoms with Crippen molar-refractivity contribution in [3.63, 3.8) is 0 Å². The largest absolute Gasteiger partial charge is 0.418 e. The van der Waals surface area contributed by atoms with Gasteiger partial charge in [0.15, 0.2) is 0 Å². The third kappa shape index (κ3) is 4.62. The van der Waals surface area contributed by atoms with Crippen molar-refractivity contribution in [2.75, 3.05) is 18.5 Å². The summed E-state index contributed by atoms with van der Waals surface area (Å²) in [4.78, 5) is 15.9. The highest BCUT2D eigenvalue weighted by Gasteiger charge is 2.38. The molecule has 2 heterocycles. The van der Waals surface area contributed by atoms with E-state index in [0.717, 1.165) is 24.4 Å². The van der Waals surface area contributed by atoms with Gasteiger partial charge in [-0.2, -0.15) is 13.2 Å². The van der Waals surface area contributed by atoms with Crippen molar-refractivity contribution in [1.82, 2.24) is 10.3 Å². The monoisotopic (exact) mass is 416 g/mol. The van der Waals surface area contributed by atoms with Gasteiger partial charge >= 0.3 is 6.18 Å². The molecule has 1 aliphatic heterocycles. The fourth-order valence-electron chi connectivity index (χ4n) is 2.80. The Kier molecular flexibility index (Phi) is 5.71. The quantitative estimate of drug-likeness (QED) is 0.653. The van der Waals surface area contributed by atoms with E-state index >= 15 is 0 Å². The Labute approximate surface area is 162 Å². The summed E-state index contributed by atoms with van der Waals surface area (Å²) in [5, 5.41) is 4.66. The number of hydrogen-bond acceptors (Lipinski definition) is 5. The van der Waals surface area contributed by atoms with Gasteiger partial charge in [-0.15, -0.1) is 0 Å². The molecule has 6 nitrogen and oxygen atoms in total. The molecule has 1 atom stereocenters. The second-order valence-corrected chi connectivity index (χ2v) is 6.58. The number of carbonyl (C=O) groups excluding carboxylic acids is 1. The van der Waals surface area contributed by atoms with Crippen LogP contribution in [0.25, 0.3) is 0 Å². The Morgan fingerprint density at radius 3 is 2.66 bits per heavy atom. The summed E-state index contributed by atoms with van der Waals surface area (Å²) in [6, 6.07) is 3.33. The SMILES string of the molecule is NC1(C(=O)NCc2ncc(Nc3c(F)cccc3C(F)(F)F)cc2F)CCOC1. The second kappa shape index (κ2) is 7.91. The summed E-state index contributed by atoms with van der Waals surface area (Å²) >= 11 is 0. The lowest BCUT2D eigenvalue weighted by Gasteiger charge is -2.20. The van der Waals surface area contributed by atoms with Crippen molar-refractivity contribution in [2.45, 2.75) is 24.7 Å². The highest BCUT2D eigenvalue weighted by Crippen LogP contribution is 2.37. The van der Waals surface area contributed by atoms with Gasteiger partial charge in [-0.05, 0) is 18.6 Å². The number of benzene rings is 1. The number of nitrogens with zero attached hydrogens (tertiary/aromatic N) is 1. The summed E-state index contributed by atoms with van der Waals surface area (Å²) in [5.41, 5.74) is 2.27. The molecule has 1 aromatic carbocycles. The number of amides is 1. The topological polar surface area (TPSA) is 89.3 Å². The zero-order valence-electron chi connectivity index (χ0n) is 14.9. The average Bonchev–Trinajstić information content (AvgIpc) is 3.09. The molecule has 1 saturated heterocycles. The molecule has 0 radical (unpaired) electrons. The number of nitrogens with one attached hydrogen (secondary N) is 2. The van der Waals surface area contributed by atoms with E-state index in [0.29, 0.717) is 19.1 Å². The second-order valence-electron chi connectivity index (χ2n) is 6.58. The van der Waals surface area contributed by atoms with Crippen LogP contribution < -0.4 is 16.4 Å². The van der Waals surface area contributed by atoms with E-state index in [1.165, 1.54) is 0 Å². The summed E-state index contributed by atoms with van der Waals surface area (Å²) in [6.45, 7) is 0.103. The Bertz CT molecular complexity index is 914. The number of para-hydroxylation sites is 1. The maximum absolute atomic E-state index is 14.3. The van der Waals surface area contributed by atoms with E-state index in [4.69, 9.17) is 10.5 Å². The maximum atomic E-state index is 14.3. The first-order chi connectivity index (χ1) is 13.6. The van der Waals surface area contributed by atoms with Gasteiger partial charge in [-0.1, -0.05) is 6.07 Å². The van der Waals surface area contributed by atoms with Crippen LogP contribution in [0.2, 0.25) is 0 Å². The van der Waals surface area contributed by atoms with Crippen molar-refractivity contribution in [3.8, 4) is 0 Å². The van der Waals surface area contributed by atoms with Gasteiger partial charge in [-0.3, -0.25) is 9.78 Å². The number of anilines is 2. The Morgan fingerprint density at radius 2 is 2.03 bits per heavy atom. The molecule has 1 amide bonds. The molecule has 1 unspecified atom stereocenters. The van der Waals surface area contributed by atoms with Crippen LogP contribution in [0.3, 0.4) is 0 Å². The van der Waals surface area contributed by atoms with Gasteiger partial charge in [0.2, 0.25) is 5.91 Å². The van der Waals surface area contributed by atoms with Crippen LogP contribution in [0.15, 0.2) is 30.5 Å². The first-order valence-corrected chi connectivity index (χ1v) is 8.52. The van der Waals surface area contributed by atoms with Gasteiger partial charge in [0.1, 0.15) is 17.2 Å². The van der Waals surface area contributed by atoms with E-state index in [1.54, 1.807) is 0 Å². The predicted octanol–water partition coefficient (Wildman–Crippen LogP) is 2.86. The average molecular weight is 416 g/mol. The van der Waals surface area contributed by atoms with Crippen LogP contribution in [0.4, 0.5) is 33.3 Å². The van der Waals surface area contributed by atoms with E-state index in [-0.39, 0.29) is 24.5 Å². The number of nitrogens with two attached hydrogens (primary N) is 1. The first-order valence-electron chi connectivity index (χ1n) is 8.52. The van der Waals surface area contributed by atoms with Crippen LogP contribution in [0.5, 0.6) is 0 Å². The van der Waals surface area contributed by atoms with Crippen LogP contribution in [-0.2, 0) is 22.3 Å².